The smallest absolute Gasteiger partial charge is 0.320 e. The van der Waals surface area contributed by atoms with E-state index in [2.05, 4.69) is 25.4 Å². The summed E-state index contributed by atoms with van der Waals surface area (Å²) in [5, 5.41) is 10.7. The topological polar surface area (TPSA) is 98.7 Å². The molecular weight excluding hydrogens is 422 g/mol. The second-order valence-corrected chi connectivity index (χ2v) is 7.72. The molecule has 4 heterocycles. The number of nitrogens with one attached hydrogen (secondary N) is 1. The first-order chi connectivity index (χ1) is 14.0. The Bertz CT molecular complexity index is 1120. The van der Waals surface area contributed by atoms with Crippen molar-refractivity contribution in [1.29, 1.82) is 0 Å². The van der Waals surface area contributed by atoms with Crippen molar-refractivity contribution in [2.45, 2.75) is 26.3 Å². The minimum Gasteiger partial charge on any atom is -0.339 e. The normalized spacial score (nSPS) is 11.3. The van der Waals surface area contributed by atoms with E-state index in [4.69, 9.17) is 4.52 Å². The third-order valence-electron chi connectivity index (χ3n) is 3.94. The number of thiazole rings is 1. The zero-order valence-electron chi connectivity index (χ0n) is 15.0. The Morgan fingerprint density at radius 2 is 2.24 bits per heavy atom. The Labute approximate surface area is 171 Å². The van der Waals surface area contributed by atoms with Gasteiger partial charge in [-0.05, 0) is 18.4 Å². The van der Waals surface area contributed by atoms with E-state index in [0.717, 1.165) is 21.5 Å². The van der Waals surface area contributed by atoms with Gasteiger partial charge in [-0.15, -0.1) is 0 Å². The van der Waals surface area contributed by atoms with Gasteiger partial charge >= 0.3 is 6.55 Å². The number of alkyl halides is 2. The highest BCUT2D eigenvalue weighted by atomic mass is 32.1. The number of imidazole rings is 1. The number of anilines is 1. The second kappa shape index (κ2) is 8.17. The zero-order chi connectivity index (χ0) is 20.4. The highest BCUT2D eigenvalue weighted by Crippen LogP contribution is 2.33. The molecule has 150 valence electrons. The number of aryl methyl sites for hydroxylation is 2. The van der Waals surface area contributed by atoms with Gasteiger partial charge in [0.2, 0.25) is 17.6 Å². The Hall–Kier alpha value is -2.99. The van der Waals surface area contributed by atoms with E-state index >= 15 is 0 Å². The fraction of sp³-hybridized carbons (Fsp3) is 0.235. The third-order valence-corrected chi connectivity index (χ3v) is 5.69. The molecule has 1 amide bonds. The lowest BCUT2D eigenvalue weighted by Gasteiger charge is -2.04. The van der Waals surface area contributed by atoms with Crippen LogP contribution < -0.4 is 5.32 Å². The number of hydrogen-bond donors (Lipinski definition) is 1. The number of hydrogen-bond acceptors (Lipinski definition) is 8. The van der Waals surface area contributed by atoms with E-state index in [-0.39, 0.29) is 24.6 Å². The van der Waals surface area contributed by atoms with Crippen LogP contribution in [0.3, 0.4) is 0 Å². The molecule has 0 bridgehead atoms. The molecule has 0 saturated carbocycles. The molecule has 4 aromatic heterocycles. The first-order valence-corrected chi connectivity index (χ1v) is 10.2. The van der Waals surface area contributed by atoms with Crippen LogP contribution in [0.25, 0.3) is 22.1 Å². The van der Waals surface area contributed by atoms with Gasteiger partial charge in [-0.25, -0.2) is 9.97 Å². The third kappa shape index (κ3) is 4.22. The summed E-state index contributed by atoms with van der Waals surface area (Å²) in [4.78, 5) is 25.2. The monoisotopic (exact) mass is 436 g/mol. The molecule has 0 aliphatic rings. The minimum absolute atomic E-state index is 0.113. The number of amides is 1. The van der Waals surface area contributed by atoms with Gasteiger partial charge in [-0.3, -0.25) is 9.36 Å². The largest absolute Gasteiger partial charge is 0.339 e. The highest BCUT2D eigenvalue weighted by molar-refractivity contribution is 7.19. The molecule has 4 rings (SSSR count). The van der Waals surface area contributed by atoms with Crippen LogP contribution in [0, 0.1) is 6.92 Å². The number of halogens is 2. The SMILES string of the molecule is Cc1nc(NC(=O)CCc2nc(-c3ccsc3)no2)sc1-c1nccn1C(F)F. The molecule has 0 aliphatic carbocycles. The second-order valence-electron chi connectivity index (χ2n) is 5.94. The lowest BCUT2D eigenvalue weighted by molar-refractivity contribution is -0.116. The zero-order valence-corrected chi connectivity index (χ0v) is 16.6. The molecular formula is C17H14F2N6O2S2. The molecule has 4 aromatic rings. The van der Waals surface area contributed by atoms with Gasteiger partial charge in [0.15, 0.2) is 11.0 Å². The molecule has 0 aromatic carbocycles. The quantitative estimate of drug-likeness (QED) is 0.461. The highest BCUT2D eigenvalue weighted by Gasteiger charge is 2.19. The summed E-state index contributed by atoms with van der Waals surface area (Å²) in [6.45, 7) is -1.03. The van der Waals surface area contributed by atoms with E-state index in [1.165, 1.54) is 23.7 Å². The van der Waals surface area contributed by atoms with Crippen molar-refractivity contribution < 1.29 is 18.1 Å². The molecule has 0 fully saturated rings. The first-order valence-electron chi connectivity index (χ1n) is 8.45. The maximum atomic E-state index is 13.1. The summed E-state index contributed by atoms with van der Waals surface area (Å²) in [5.74, 6) is 0.660. The number of aromatic nitrogens is 5. The van der Waals surface area contributed by atoms with Gasteiger partial charge in [0, 0.05) is 36.2 Å². The number of thiophene rings is 1. The molecule has 8 nitrogen and oxygen atoms in total. The maximum absolute atomic E-state index is 13.1. The van der Waals surface area contributed by atoms with Crippen LogP contribution in [0.15, 0.2) is 33.7 Å². The molecule has 0 saturated heterocycles. The van der Waals surface area contributed by atoms with Crippen LogP contribution in [0.1, 0.15) is 24.6 Å². The summed E-state index contributed by atoms with van der Waals surface area (Å²) in [7, 11) is 0. The fourth-order valence-electron chi connectivity index (χ4n) is 2.57. The van der Waals surface area contributed by atoms with E-state index < -0.39 is 6.55 Å². The van der Waals surface area contributed by atoms with Crippen molar-refractivity contribution in [3.05, 3.63) is 40.8 Å². The Morgan fingerprint density at radius 3 is 3.00 bits per heavy atom. The van der Waals surface area contributed by atoms with Crippen molar-refractivity contribution in [2.24, 2.45) is 0 Å². The predicted octanol–water partition coefficient (Wildman–Crippen LogP) is 4.39. The summed E-state index contributed by atoms with van der Waals surface area (Å²) >= 11 is 2.62. The first kappa shape index (κ1) is 19.3. The lowest BCUT2D eigenvalue weighted by Crippen LogP contribution is -2.12. The molecule has 0 radical (unpaired) electrons. The molecule has 1 N–H and O–H groups in total. The Morgan fingerprint density at radius 1 is 1.38 bits per heavy atom. The molecule has 0 unspecified atom stereocenters. The van der Waals surface area contributed by atoms with Crippen molar-refractivity contribution >= 4 is 33.7 Å². The van der Waals surface area contributed by atoms with Crippen molar-refractivity contribution in [2.75, 3.05) is 5.32 Å². The molecule has 12 heteroatoms. The minimum atomic E-state index is -2.71. The number of carbonyl (C=O) groups excluding carboxylic acids is 1. The molecule has 0 spiro atoms. The van der Waals surface area contributed by atoms with Crippen LogP contribution in [-0.2, 0) is 11.2 Å². The van der Waals surface area contributed by atoms with Gasteiger partial charge in [-0.2, -0.15) is 25.1 Å². The van der Waals surface area contributed by atoms with Crippen molar-refractivity contribution in [3.8, 4) is 22.1 Å². The van der Waals surface area contributed by atoms with Crippen LogP contribution in [0.2, 0.25) is 0 Å². The van der Waals surface area contributed by atoms with Crippen LogP contribution in [0.4, 0.5) is 13.9 Å². The van der Waals surface area contributed by atoms with E-state index in [1.807, 2.05) is 16.8 Å². The molecule has 0 aliphatic heterocycles. The van der Waals surface area contributed by atoms with Crippen molar-refractivity contribution in [1.82, 2.24) is 24.7 Å². The Kier molecular flexibility index (Phi) is 5.45. The predicted molar refractivity (Wildman–Crippen MR) is 104 cm³/mol. The maximum Gasteiger partial charge on any atom is 0.320 e. The summed E-state index contributed by atoms with van der Waals surface area (Å²) < 4.78 is 32.1. The van der Waals surface area contributed by atoms with Gasteiger partial charge in [0.25, 0.3) is 0 Å². The number of nitrogens with zero attached hydrogens (tertiary/aromatic N) is 5. The van der Waals surface area contributed by atoms with E-state index in [9.17, 15) is 13.6 Å². The molecule has 29 heavy (non-hydrogen) atoms. The standard InChI is InChI=1S/C17H14F2N6O2S2/c1-9-13(15-20-5-6-25(15)16(18)19)29-17(21-9)22-11(26)2-3-12-23-14(24-27-12)10-4-7-28-8-10/h4-8,16H,2-3H2,1H3,(H,21,22,26). The summed E-state index contributed by atoms with van der Waals surface area (Å²) in [6, 6.07) is 1.88. The van der Waals surface area contributed by atoms with Gasteiger partial charge in [0.1, 0.15) is 0 Å². The summed E-state index contributed by atoms with van der Waals surface area (Å²) in [6.07, 6.45) is 2.89. The fourth-order valence-corrected chi connectivity index (χ4v) is 4.19. The van der Waals surface area contributed by atoms with Crippen molar-refractivity contribution in [3.63, 3.8) is 0 Å². The number of carbonyl (C=O) groups is 1. The van der Waals surface area contributed by atoms with E-state index in [1.54, 1.807) is 6.92 Å². The average molecular weight is 436 g/mol. The summed E-state index contributed by atoms with van der Waals surface area (Å²) in [5.41, 5.74) is 1.37. The average Bonchev–Trinajstić information content (AvgIpc) is 3.46. The van der Waals surface area contributed by atoms with Crippen LogP contribution in [-0.4, -0.2) is 30.6 Å². The van der Waals surface area contributed by atoms with Gasteiger partial charge in [0.05, 0.1) is 10.6 Å². The Balaban J connectivity index is 1.38. The van der Waals surface area contributed by atoms with Crippen LogP contribution in [0.5, 0.6) is 0 Å². The van der Waals surface area contributed by atoms with Gasteiger partial charge < -0.3 is 9.84 Å². The van der Waals surface area contributed by atoms with Gasteiger partial charge in [-0.1, -0.05) is 16.5 Å². The number of rotatable bonds is 7. The lowest BCUT2D eigenvalue weighted by atomic mass is 10.3. The molecule has 0 atom stereocenters. The van der Waals surface area contributed by atoms with E-state index in [0.29, 0.717) is 27.4 Å². The van der Waals surface area contributed by atoms with Crippen LogP contribution >= 0.6 is 22.7 Å².